The molecule has 0 atom stereocenters. The summed E-state index contributed by atoms with van der Waals surface area (Å²) in [6, 6.07) is 13.5. The molecule has 31 heavy (non-hydrogen) atoms. The van der Waals surface area contributed by atoms with Gasteiger partial charge in [-0.3, -0.25) is 4.90 Å². The number of rotatable bonds is 4. The number of hydrogen-bond acceptors (Lipinski definition) is 4. The maximum absolute atomic E-state index is 12.6. The SMILES string of the molecule is CS(=O)(=O)Cc1ccc(-c2ccc3c(c2)CCC2(CCN(CC(F)(F)F)CC2)O3)cc1. The first kappa shape index (κ1) is 22.1. The molecule has 0 aliphatic carbocycles. The standard InChI is InChI=1S/C23H26F3NO3S/c1-31(28,29)15-17-2-4-18(5-3-17)19-6-7-21-20(14-19)8-9-22(30-21)10-12-27(13-11-22)16-23(24,25)26/h2-7,14H,8-13,15-16H2,1H3. The summed E-state index contributed by atoms with van der Waals surface area (Å²) in [6.07, 6.45) is -0.107. The van der Waals surface area contributed by atoms with Gasteiger partial charge < -0.3 is 4.74 Å². The Labute approximate surface area is 180 Å². The summed E-state index contributed by atoms with van der Waals surface area (Å²) in [4.78, 5) is 1.46. The zero-order valence-electron chi connectivity index (χ0n) is 17.4. The fourth-order valence-electron chi connectivity index (χ4n) is 4.52. The number of piperidine rings is 1. The number of halogens is 3. The number of ether oxygens (including phenoxy) is 1. The van der Waals surface area contributed by atoms with E-state index >= 15 is 0 Å². The summed E-state index contributed by atoms with van der Waals surface area (Å²) in [5.74, 6) is 0.835. The van der Waals surface area contributed by atoms with Gasteiger partial charge in [0.2, 0.25) is 0 Å². The predicted octanol–water partition coefficient (Wildman–Crippen LogP) is 4.62. The lowest BCUT2D eigenvalue weighted by Crippen LogP contribution is -2.51. The third-order valence-corrected chi connectivity index (χ3v) is 6.98. The monoisotopic (exact) mass is 453 g/mol. The Hall–Kier alpha value is -2.06. The number of hydrogen-bond donors (Lipinski definition) is 0. The van der Waals surface area contributed by atoms with Gasteiger partial charge in [0.1, 0.15) is 11.4 Å². The van der Waals surface area contributed by atoms with Gasteiger partial charge in [-0.25, -0.2) is 8.42 Å². The Kier molecular flexibility index (Phi) is 5.81. The molecule has 1 fully saturated rings. The molecule has 8 heteroatoms. The van der Waals surface area contributed by atoms with Gasteiger partial charge in [0.25, 0.3) is 0 Å². The van der Waals surface area contributed by atoms with Crippen molar-refractivity contribution < 1.29 is 26.3 Å². The Morgan fingerprint density at radius 3 is 2.26 bits per heavy atom. The molecular weight excluding hydrogens is 427 g/mol. The van der Waals surface area contributed by atoms with E-state index in [1.165, 1.54) is 11.2 Å². The van der Waals surface area contributed by atoms with E-state index in [4.69, 9.17) is 4.74 Å². The van der Waals surface area contributed by atoms with Crippen LogP contribution in [0.4, 0.5) is 13.2 Å². The van der Waals surface area contributed by atoms with Crippen molar-refractivity contribution in [3.8, 4) is 16.9 Å². The van der Waals surface area contributed by atoms with E-state index in [0.29, 0.717) is 25.9 Å². The van der Waals surface area contributed by atoms with Crippen molar-refractivity contribution >= 4 is 9.84 Å². The average Bonchev–Trinajstić information content (AvgIpc) is 2.68. The molecule has 2 heterocycles. The quantitative estimate of drug-likeness (QED) is 0.678. The highest BCUT2D eigenvalue weighted by Crippen LogP contribution is 2.41. The number of fused-ring (bicyclic) bond motifs is 1. The van der Waals surface area contributed by atoms with Gasteiger partial charge >= 0.3 is 6.18 Å². The first-order chi connectivity index (χ1) is 14.5. The highest BCUT2D eigenvalue weighted by Gasteiger charge is 2.41. The third kappa shape index (κ3) is 5.60. The topological polar surface area (TPSA) is 46.6 Å². The molecule has 2 aromatic rings. The Bertz CT molecular complexity index is 1040. The average molecular weight is 454 g/mol. The van der Waals surface area contributed by atoms with E-state index in [9.17, 15) is 21.6 Å². The van der Waals surface area contributed by atoms with Gasteiger partial charge in [0, 0.05) is 19.3 Å². The summed E-state index contributed by atoms with van der Waals surface area (Å²) in [5.41, 5.74) is 3.52. The first-order valence-electron chi connectivity index (χ1n) is 10.4. The first-order valence-corrected chi connectivity index (χ1v) is 12.4. The Morgan fingerprint density at radius 1 is 1.00 bits per heavy atom. The number of benzene rings is 2. The van der Waals surface area contributed by atoms with Crippen molar-refractivity contribution in [3.63, 3.8) is 0 Å². The summed E-state index contributed by atoms with van der Waals surface area (Å²) >= 11 is 0. The molecule has 1 saturated heterocycles. The second-order valence-electron chi connectivity index (χ2n) is 8.77. The van der Waals surface area contributed by atoms with E-state index < -0.39 is 22.6 Å². The van der Waals surface area contributed by atoms with Crippen molar-refractivity contribution in [3.05, 3.63) is 53.6 Å². The van der Waals surface area contributed by atoms with Crippen molar-refractivity contribution in [1.29, 1.82) is 0 Å². The normalized spacial score (nSPS) is 19.1. The van der Waals surface area contributed by atoms with Crippen LogP contribution in [0.15, 0.2) is 42.5 Å². The molecule has 2 aliphatic heterocycles. The van der Waals surface area contributed by atoms with Crippen LogP contribution in [0.2, 0.25) is 0 Å². The van der Waals surface area contributed by atoms with Crippen molar-refractivity contribution in [2.75, 3.05) is 25.9 Å². The molecule has 0 N–H and O–H groups in total. The van der Waals surface area contributed by atoms with Gasteiger partial charge in [-0.05, 0) is 60.1 Å². The highest BCUT2D eigenvalue weighted by molar-refractivity contribution is 7.89. The highest BCUT2D eigenvalue weighted by atomic mass is 32.2. The van der Waals surface area contributed by atoms with Crippen LogP contribution >= 0.6 is 0 Å². The maximum Gasteiger partial charge on any atom is 0.401 e. The van der Waals surface area contributed by atoms with Crippen molar-refractivity contribution in [1.82, 2.24) is 4.90 Å². The molecule has 0 radical (unpaired) electrons. The Balaban J connectivity index is 1.44. The van der Waals surface area contributed by atoms with Crippen LogP contribution in [-0.2, 0) is 22.0 Å². The fourth-order valence-corrected chi connectivity index (χ4v) is 5.32. The summed E-state index contributed by atoms with van der Waals surface area (Å²) in [7, 11) is -3.07. The molecule has 168 valence electrons. The number of aryl methyl sites for hydroxylation is 1. The molecular formula is C23H26F3NO3S. The lowest BCUT2D eigenvalue weighted by atomic mass is 9.82. The number of alkyl halides is 3. The molecule has 2 aliphatic rings. The van der Waals surface area contributed by atoms with Crippen LogP contribution in [0.5, 0.6) is 5.75 Å². The third-order valence-electron chi connectivity index (χ3n) is 6.12. The Morgan fingerprint density at radius 2 is 1.65 bits per heavy atom. The van der Waals surface area contributed by atoms with Gasteiger partial charge in [-0.15, -0.1) is 0 Å². The van der Waals surface area contributed by atoms with Gasteiger partial charge in [-0.2, -0.15) is 13.2 Å². The number of nitrogens with zero attached hydrogens (tertiary/aromatic N) is 1. The second kappa shape index (κ2) is 8.13. The van der Waals surface area contributed by atoms with Crippen LogP contribution in [0.3, 0.4) is 0 Å². The van der Waals surface area contributed by atoms with E-state index in [0.717, 1.165) is 40.8 Å². The summed E-state index contributed by atoms with van der Waals surface area (Å²) in [5, 5.41) is 0. The zero-order valence-corrected chi connectivity index (χ0v) is 18.2. The van der Waals surface area contributed by atoms with E-state index in [1.54, 1.807) is 0 Å². The fraction of sp³-hybridized carbons (Fsp3) is 0.478. The van der Waals surface area contributed by atoms with E-state index in [1.807, 2.05) is 36.4 Å². The van der Waals surface area contributed by atoms with Crippen molar-refractivity contribution in [2.24, 2.45) is 0 Å². The van der Waals surface area contributed by atoms with Gasteiger partial charge in [0.15, 0.2) is 9.84 Å². The van der Waals surface area contributed by atoms with Gasteiger partial charge in [-0.1, -0.05) is 30.3 Å². The maximum atomic E-state index is 12.6. The van der Waals surface area contributed by atoms with E-state index in [2.05, 4.69) is 6.07 Å². The lowest BCUT2D eigenvalue weighted by molar-refractivity contribution is -0.153. The number of likely N-dealkylation sites (tertiary alicyclic amines) is 1. The van der Waals surface area contributed by atoms with Crippen LogP contribution in [0.1, 0.15) is 30.4 Å². The predicted molar refractivity (Wildman–Crippen MR) is 114 cm³/mol. The van der Waals surface area contributed by atoms with E-state index in [-0.39, 0.29) is 11.4 Å². The zero-order chi connectivity index (χ0) is 22.3. The molecule has 2 aromatic carbocycles. The largest absolute Gasteiger partial charge is 0.487 e. The lowest BCUT2D eigenvalue weighted by Gasteiger charge is -2.44. The second-order valence-corrected chi connectivity index (χ2v) is 10.9. The minimum Gasteiger partial charge on any atom is -0.487 e. The summed E-state index contributed by atoms with van der Waals surface area (Å²) in [6.45, 7) is -0.0640. The molecule has 0 bridgehead atoms. The molecule has 0 unspecified atom stereocenters. The molecule has 0 saturated carbocycles. The minimum atomic E-state index is -4.16. The van der Waals surface area contributed by atoms with Crippen LogP contribution in [0, 0.1) is 0 Å². The smallest absolute Gasteiger partial charge is 0.401 e. The molecule has 1 spiro atoms. The van der Waals surface area contributed by atoms with Gasteiger partial charge in [0.05, 0.1) is 12.3 Å². The molecule has 4 rings (SSSR count). The van der Waals surface area contributed by atoms with Crippen LogP contribution < -0.4 is 4.74 Å². The van der Waals surface area contributed by atoms with Crippen LogP contribution in [-0.4, -0.2) is 51.0 Å². The molecule has 4 nitrogen and oxygen atoms in total. The molecule has 0 amide bonds. The van der Waals surface area contributed by atoms with Crippen molar-refractivity contribution in [2.45, 2.75) is 43.2 Å². The summed E-state index contributed by atoms with van der Waals surface area (Å²) < 4.78 is 67.2. The molecule has 0 aromatic heterocycles. The number of sulfone groups is 1. The van der Waals surface area contributed by atoms with Crippen LogP contribution in [0.25, 0.3) is 11.1 Å². The minimum absolute atomic E-state index is 0.0216.